The Morgan fingerprint density at radius 2 is 2.24 bits per heavy atom. The minimum atomic E-state index is -1.19. The maximum atomic E-state index is 11.3. The molecule has 17 heavy (non-hydrogen) atoms. The molecule has 0 aliphatic rings. The van der Waals surface area contributed by atoms with Crippen molar-refractivity contribution in [1.29, 1.82) is 0 Å². The zero-order chi connectivity index (χ0) is 12.7. The quantitative estimate of drug-likeness (QED) is 0.557. The summed E-state index contributed by atoms with van der Waals surface area (Å²) in [4.78, 5) is 22.0. The second kappa shape index (κ2) is 6.54. The van der Waals surface area contributed by atoms with E-state index < -0.39 is 18.0 Å². The Balaban J connectivity index is 2.34. The van der Waals surface area contributed by atoms with Crippen LogP contribution < -0.4 is 10.6 Å². The Bertz CT molecular complexity index is 363. The van der Waals surface area contributed by atoms with Gasteiger partial charge in [-0.3, -0.25) is 0 Å². The normalized spacial score (nSPS) is 11.8. The van der Waals surface area contributed by atoms with E-state index in [-0.39, 0.29) is 19.6 Å². The highest BCUT2D eigenvalue weighted by Gasteiger charge is 2.18. The van der Waals surface area contributed by atoms with Crippen LogP contribution in [0.1, 0.15) is 12.2 Å². The van der Waals surface area contributed by atoms with E-state index in [0.717, 1.165) is 0 Å². The van der Waals surface area contributed by atoms with Gasteiger partial charge in [-0.2, -0.15) is 0 Å². The molecule has 1 atom stereocenters. The van der Waals surface area contributed by atoms with E-state index in [4.69, 9.17) is 14.6 Å². The average Bonchev–Trinajstić information content (AvgIpc) is 2.78. The molecule has 0 aliphatic heterocycles. The molecule has 94 valence electrons. The summed E-state index contributed by atoms with van der Waals surface area (Å²) in [5.41, 5.74) is 0. The molecule has 7 heteroatoms. The van der Waals surface area contributed by atoms with Crippen LogP contribution in [0.2, 0.25) is 0 Å². The van der Waals surface area contributed by atoms with Crippen molar-refractivity contribution in [3.05, 3.63) is 24.2 Å². The monoisotopic (exact) mass is 242 g/mol. The SMILES string of the molecule is O=C(NCc1ccco1)NC(CCO)C(=O)O. The van der Waals surface area contributed by atoms with Crippen molar-refractivity contribution in [2.75, 3.05) is 6.61 Å². The third-order valence-electron chi connectivity index (χ3n) is 2.02. The van der Waals surface area contributed by atoms with Gasteiger partial charge in [0.1, 0.15) is 11.8 Å². The number of carboxylic acid groups (broad SMARTS) is 1. The number of hydrogen-bond donors (Lipinski definition) is 4. The summed E-state index contributed by atoms with van der Waals surface area (Å²) in [5.74, 6) is -0.624. The number of furan rings is 1. The first-order chi connectivity index (χ1) is 8.13. The van der Waals surface area contributed by atoms with Gasteiger partial charge in [-0.05, 0) is 12.1 Å². The summed E-state index contributed by atoms with van der Waals surface area (Å²) in [6.07, 6.45) is 1.43. The Morgan fingerprint density at radius 3 is 2.76 bits per heavy atom. The molecule has 0 spiro atoms. The molecule has 1 aromatic heterocycles. The first kappa shape index (κ1) is 13.0. The second-order valence-electron chi connectivity index (χ2n) is 3.31. The van der Waals surface area contributed by atoms with E-state index in [1.807, 2.05) is 0 Å². The summed E-state index contributed by atoms with van der Waals surface area (Å²) in [7, 11) is 0. The average molecular weight is 242 g/mol. The number of carboxylic acids is 1. The Labute approximate surface area is 97.4 Å². The number of amides is 2. The third kappa shape index (κ3) is 4.56. The largest absolute Gasteiger partial charge is 0.480 e. The summed E-state index contributed by atoms with van der Waals surface area (Å²) in [6, 6.07) is 1.64. The van der Waals surface area contributed by atoms with Crippen LogP contribution in [0.4, 0.5) is 4.79 Å². The smallest absolute Gasteiger partial charge is 0.326 e. The molecular weight excluding hydrogens is 228 g/mol. The van der Waals surface area contributed by atoms with Gasteiger partial charge in [-0.1, -0.05) is 0 Å². The summed E-state index contributed by atoms with van der Waals surface area (Å²) in [6.45, 7) is -0.139. The van der Waals surface area contributed by atoms with Crippen molar-refractivity contribution >= 4 is 12.0 Å². The predicted molar refractivity (Wildman–Crippen MR) is 57.2 cm³/mol. The predicted octanol–water partition coefficient (Wildman–Crippen LogP) is -0.0856. The van der Waals surface area contributed by atoms with Gasteiger partial charge < -0.3 is 25.3 Å². The summed E-state index contributed by atoms with van der Waals surface area (Å²) < 4.78 is 4.99. The number of aliphatic hydroxyl groups excluding tert-OH is 1. The van der Waals surface area contributed by atoms with Gasteiger partial charge in [0.05, 0.1) is 12.8 Å². The minimum absolute atomic E-state index is 0.0382. The van der Waals surface area contributed by atoms with E-state index in [0.29, 0.717) is 5.76 Å². The molecule has 1 unspecified atom stereocenters. The van der Waals surface area contributed by atoms with Gasteiger partial charge in [0.15, 0.2) is 0 Å². The highest BCUT2D eigenvalue weighted by atomic mass is 16.4. The highest BCUT2D eigenvalue weighted by molar-refractivity contribution is 5.82. The summed E-state index contributed by atoms with van der Waals surface area (Å²) >= 11 is 0. The van der Waals surface area contributed by atoms with Crippen molar-refractivity contribution < 1.29 is 24.2 Å². The Kier molecular flexibility index (Phi) is 5.02. The van der Waals surface area contributed by atoms with Crippen LogP contribution >= 0.6 is 0 Å². The number of carbonyl (C=O) groups is 2. The number of urea groups is 1. The fourth-order valence-electron chi connectivity index (χ4n) is 1.18. The van der Waals surface area contributed by atoms with Crippen LogP contribution in [0.5, 0.6) is 0 Å². The topological polar surface area (TPSA) is 112 Å². The molecule has 1 rings (SSSR count). The Morgan fingerprint density at radius 1 is 1.47 bits per heavy atom. The number of carbonyl (C=O) groups excluding carboxylic acids is 1. The molecule has 1 heterocycles. The van der Waals surface area contributed by atoms with Crippen molar-refractivity contribution in [2.45, 2.75) is 19.0 Å². The molecule has 0 saturated carbocycles. The zero-order valence-electron chi connectivity index (χ0n) is 9.05. The van der Waals surface area contributed by atoms with Crippen LogP contribution in [-0.2, 0) is 11.3 Å². The molecule has 0 saturated heterocycles. The lowest BCUT2D eigenvalue weighted by molar-refractivity contribution is -0.139. The van der Waals surface area contributed by atoms with Gasteiger partial charge >= 0.3 is 12.0 Å². The molecule has 4 N–H and O–H groups in total. The molecule has 2 amide bonds. The van der Waals surface area contributed by atoms with Gasteiger partial charge in [0.2, 0.25) is 0 Å². The number of nitrogens with one attached hydrogen (secondary N) is 2. The van der Waals surface area contributed by atoms with E-state index in [9.17, 15) is 9.59 Å². The lowest BCUT2D eigenvalue weighted by atomic mass is 10.2. The van der Waals surface area contributed by atoms with Gasteiger partial charge in [0.25, 0.3) is 0 Å². The van der Waals surface area contributed by atoms with E-state index in [2.05, 4.69) is 10.6 Å². The van der Waals surface area contributed by atoms with Crippen molar-refractivity contribution in [1.82, 2.24) is 10.6 Å². The fraction of sp³-hybridized carbons (Fsp3) is 0.400. The molecule has 7 nitrogen and oxygen atoms in total. The van der Waals surface area contributed by atoms with E-state index in [1.165, 1.54) is 6.26 Å². The van der Waals surface area contributed by atoms with Gasteiger partial charge in [0, 0.05) is 13.0 Å². The van der Waals surface area contributed by atoms with Crippen LogP contribution in [0.3, 0.4) is 0 Å². The third-order valence-corrected chi connectivity index (χ3v) is 2.02. The van der Waals surface area contributed by atoms with Crippen LogP contribution in [-0.4, -0.2) is 34.9 Å². The standard InChI is InChI=1S/C10H14N2O5/c13-4-3-8(9(14)15)12-10(16)11-6-7-2-1-5-17-7/h1-2,5,8,13H,3-4,6H2,(H,14,15)(H2,11,12,16). The number of aliphatic hydroxyl groups is 1. The van der Waals surface area contributed by atoms with Crippen LogP contribution in [0.25, 0.3) is 0 Å². The lowest BCUT2D eigenvalue weighted by Crippen LogP contribution is -2.46. The highest BCUT2D eigenvalue weighted by Crippen LogP contribution is 1.98. The maximum absolute atomic E-state index is 11.3. The minimum Gasteiger partial charge on any atom is -0.480 e. The van der Waals surface area contributed by atoms with E-state index >= 15 is 0 Å². The lowest BCUT2D eigenvalue weighted by Gasteiger charge is -2.13. The molecular formula is C10H14N2O5. The zero-order valence-corrected chi connectivity index (χ0v) is 9.05. The first-order valence-corrected chi connectivity index (χ1v) is 5.04. The maximum Gasteiger partial charge on any atom is 0.326 e. The number of hydrogen-bond acceptors (Lipinski definition) is 4. The van der Waals surface area contributed by atoms with Crippen molar-refractivity contribution in [3.8, 4) is 0 Å². The number of rotatable bonds is 6. The summed E-state index contributed by atoms with van der Waals surface area (Å²) in [5, 5.41) is 22.0. The molecule has 0 fully saturated rings. The van der Waals surface area contributed by atoms with Crippen molar-refractivity contribution in [2.24, 2.45) is 0 Å². The van der Waals surface area contributed by atoms with Crippen LogP contribution in [0, 0.1) is 0 Å². The van der Waals surface area contributed by atoms with Gasteiger partial charge in [-0.15, -0.1) is 0 Å². The van der Waals surface area contributed by atoms with Crippen molar-refractivity contribution in [3.63, 3.8) is 0 Å². The van der Waals surface area contributed by atoms with Crippen LogP contribution in [0.15, 0.2) is 22.8 Å². The molecule has 0 radical (unpaired) electrons. The molecule has 0 aliphatic carbocycles. The molecule has 1 aromatic rings. The van der Waals surface area contributed by atoms with E-state index in [1.54, 1.807) is 12.1 Å². The second-order valence-corrected chi connectivity index (χ2v) is 3.31. The molecule has 0 bridgehead atoms. The molecule has 0 aromatic carbocycles. The van der Waals surface area contributed by atoms with Gasteiger partial charge in [-0.25, -0.2) is 9.59 Å². The first-order valence-electron chi connectivity index (χ1n) is 5.04. The number of aliphatic carboxylic acids is 1. The Hall–Kier alpha value is -2.02. The fourth-order valence-corrected chi connectivity index (χ4v) is 1.18.